The van der Waals surface area contributed by atoms with Gasteiger partial charge in [0.2, 0.25) is 0 Å². The molecule has 1 aromatic carbocycles. The molecular formula is C14H17ClFIN2O. The highest BCUT2D eigenvalue weighted by Crippen LogP contribution is 2.28. The summed E-state index contributed by atoms with van der Waals surface area (Å²) in [4.78, 5) is 4.60. The normalized spacial score (nSPS) is 12.3. The van der Waals surface area contributed by atoms with Crippen molar-refractivity contribution in [2.24, 2.45) is 0 Å². The highest BCUT2D eigenvalue weighted by Gasteiger charge is 2.26. The van der Waals surface area contributed by atoms with Gasteiger partial charge in [-0.3, -0.25) is 0 Å². The number of benzene rings is 1. The Labute approximate surface area is 136 Å². The molecule has 0 N–H and O–H groups in total. The summed E-state index contributed by atoms with van der Waals surface area (Å²) in [5.41, 5.74) is 1.26. The summed E-state index contributed by atoms with van der Waals surface area (Å²) < 4.78 is 21.8. The average molecular weight is 411 g/mol. The number of aryl methyl sites for hydroxylation is 1. The van der Waals surface area contributed by atoms with Gasteiger partial charge in [-0.1, -0.05) is 0 Å². The number of aromatic nitrogens is 2. The van der Waals surface area contributed by atoms with Crippen LogP contribution in [0.3, 0.4) is 0 Å². The first-order valence-electron chi connectivity index (χ1n) is 6.32. The fourth-order valence-electron chi connectivity index (χ4n) is 2.47. The molecule has 2 rings (SSSR count). The van der Waals surface area contributed by atoms with Crippen molar-refractivity contribution in [1.29, 1.82) is 0 Å². The summed E-state index contributed by atoms with van der Waals surface area (Å²) in [5, 5.41) is 0. The lowest BCUT2D eigenvalue weighted by Crippen LogP contribution is -2.33. The first-order valence-corrected chi connectivity index (χ1v) is 7.94. The van der Waals surface area contributed by atoms with E-state index in [-0.39, 0.29) is 11.4 Å². The van der Waals surface area contributed by atoms with Crippen LogP contribution < -0.4 is 0 Å². The van der Waals surface area contributed by atoms with Gasteiger partial charge in [-0.05, 0) is 42.5 Å². The number of hydrogen-bond acceptors (Lipinski definition) is 2. The molecule has 0 radical (unpaired) electrons. The number of fused-ring (bicyclic) bond motifs is 1. The van der Waals surface area contributed by atoms with Crippen LogP contribution in [0.4, 0.5) is 4.39 Å². The molecule has 0 aliphatic rings. The van der Waals surface area contributed by atoms with E-state index in [0.717, 1.165) is 16.9 Å². The third-order valence-electron chi connectivity index (χ3n) is 3.19. The minimum atomic E-state index is -0.315. The van der Waals surface area contributed by atoms with Crippen molar-refractivity contribution in [3.05, 3.63) is 27.3 Å². The summed E-state index contributed by atoms with van der Waals surface area (Å²) in [6.07, 6.45) is 0.640. The molecule has 20 heavy (non-hydrogen) atoms. The summed E-state index contributed by atoms with van der Waals surface area (Å²) in [7, 11) is 1.66. The van der Waals surface area contributed by atoms with Gasteiger partial charge < -0.3 is 9.30 Å². The Morgan fingerprint density at radius 3 is 2.75 bits per heavy atom. The molecule has 6 heteroatoms. The van der Waals surface area contributed by atoms with E-state index in [2.05, 4.69) is 4.98 Å². The molecule has 0 saturated carbocycles. The number of imidazole rings is 1. The Kier molecular flexibility index (Phi) is 4.92. The van der Waals surface area contributed by atoms with E-state index in [1.165, 1.54) is 0 Å². The maximum atomic E-state index is 13.9. The fraction of sp³-hybridized carbons (Fsp3) is 0.500. The van der Waals surface area contributed by atoms with E-state index < -0.39 is 0 Å². The predicted molar refractivity (Wildman–Crippen MR) is 88.0 cm³/mol. The van der Waals surface area contributed by atoms with Crippen LogP contribution in [-0.4, -0.2) is 29.1 Å². The second-order valence-electron chi connectivity index (χ2n) is 5.30. The fourth-order valence-corrected chi connectivity index (χ4v) is 3.09. The van der Waals surface area contributed by atoms with Gasteiger partial charge in [-0.25, -0.2) is 9.37 Å². The first-order chi connectivity index (χ1) is 9.40. The van der Waals surface area contributed by atoms with E-state index in [4.69, 9.17) is 16.3 Å². The molecule has 1 aromatic heterocycles. The zero-order chi connectivity index (χ0) is 14.9. The van der Waals surface area contributed by atoms with Crippen LogP contribution in [0.5, 0.6) is 0 Å². The molecule has 1 heterocycles. The monoisotopic (exact) mass is 410 g/mol. The predicted octanol–water partition coefficient (Wildman–Crippen LogP) is 3.94. The third kappa shape index (κ3) is 2.94. The Balaban J connectivity index is 2.70. The van der Waals surface area contributed by atoms with Crippen molar-refractivity contribution in [2.45, 2.75) is 25.8 Å². The maximum absolute atomic E-state index is 13.9. The number of rotatable bonds is 5. The van der Waals surface area contributed by atoms with E-state index in [9.17, 15) is 4.39 Å². The second kappa shape index (κ2) is 6.15. The number of alkyl halides is 1. The smallest absolute Gasteiger partial charge is 0.138 e. The van der Waals surface area contributed by atoms with Gasteiger partial charge in [0.1, 0.15) is 11.6 Å². The van der Waals surface area contributed by atoms with E-state index in [1.807, 2.05) is 41.0 Å². The van der Waals surface area contributed by atoms with Gasteiger partial charge in [0.05, 0.1) is 26.7 Å². The Bertz CT molecular complexity index is 627. The number of methoxy groups -OCH3 is 1. The van der Waals surface area contributed by atoms with Gasteiger partial charge >= 0.3 is 0 Å². The minimum Gasteiger partial charge on any atom is -0.382 e. The summed E-state index contributed by atoms with van der Waals surface area (Å²) in [6, 6.07) is 3.31. The van der Waals surface area contributed by atoms with Crippen LogP contribution >= 0.6 is 34.2 Å². The number of hydrogen-bond donors (Lipinski definition) is 0. The van der Waals surface area contributed by atoms with Crippen LogP contribution in [0.25, 0.3) is 11.0 Å². The molecule has 0 unspecified atom stereocenters. The number of ether oxygens (including phenoxy) is 1. The van der Waals surface area contributed by atoms with E-state index >= 15 is 0 Å². The quantitative estimate of drug-likeness (QED) is 0.551. The van der Waals surface area contributed by atoms with Crippen LogP contribution in [0, 0.1) is 9.39 Å². The molecule has 110 valence electrons. The Hall–Kier alpha value is -0.400. The van der Waals surface area contributed by atoms with Crippen molar-refractivity contribution < 1.29 is 9.13 Å². The Morgan fingerprint density at radius 1 is 1.45 bits per heavy atom. The second-order valence-corrected chi connectivity index (χ2v) is 6.84. The van der Waals surface area contributed by atoms with Gasteiger partial charge in [0.25, 0.3) is 0 Å². The van der Waals surface area contributed by atoms with Crippen molar-refractivity contribution >= 4 is 45.2 Å². The van der Waals surface area contributed by atoms with E-state index in [1.54, 1.807) is 19.2 Å². The number of nitrogens with zero attached hydrogens (tertiary/aromatic N) is 2. The molecule has 0 aliphatic carbocycles. The van der Waals surface area contributed by atoms with Crippen molar-refractivity contribution in [1.82, 2.24) is 9.55 Å². The third-order valence-corrected chi connectivity index (χ3v) is 4.20. The highest BCUT2D eigenvalue weighted by atomic mass is 127. The lowest BCUT2D eigenvalue weighted by Gasteiger charge is -2.28. The van der Waals surface area contributed by atoms with Gasteiger partial charge in [0.15, 0.2) is 0 Å². The van der Waals surface area contributed by atoms with Crippen LogP contribution in [0.1, 0.15) is 19.7 Å². The van der Waals surface area contributed by atoms with Crippen LogP contribution in [0.2, 0.25) is 0 Å². The lowest BCUT2D eigenvalue weighted by atomic mass is 10.1. The number of halogens is 3. The topological polar surface area (TPSA) is 27.1 Å². The average Bonchev–Trinajstić information content (AvgIpc) is 2.68. The van der Waals surface area contributed by atoms with Gasteiger partial charge in [-0.15, -0.1) is 11.6 Å². The zero-order valence-electron chi connectivity index (χ0n) is 11.7. The molecule has 0 atom stereocenters. The maximum Gasteiger partial charge on any atom is 0.138 e. The van der Waals surface area contributed by atoms with Crippen molar-refractivity contribution in [3.63, 3.8) is 0 Å². The molecular weight excluding hydrogens is 394 g/mol. The molecule has 0 aliphatic heterocycles. The SMILES string of the molecule is COCC(C)(C)n1c(CCCl)nc2cc(I)c(F)cc21. The molecule has 0 bridgehead atoms. The van der Waals surface area contributed by atoms with Crippen molar-refractivity contribution in [2.75, 3.05) is 19.6 Å². The molecule has 3 nitrogen and oxygen atoms in total. The van der Waals surface area contributed by atoms with Crippen molar-refractivity contribution in [3.8, 4) is 0 Å². The zero-order valence-corrected chi connectivity index (χ0v) is 14.6. The highest BCUT2D eigenvalue weighted by molar-refractivity contribution is 14.1. The summed E-state index contributed by atoms with van der Waals surface area (Å²) in [6.45, 7) is 4.61. The molecule has 0 amide bonds. The summed E-state index contributed by atoms with van der Waals surface area (Å²) >= 11 is 7.84. The van der Waals surface area contributed by atoms with Crippen LogP contribution in [0.15, 0.2) is 12.1 Å². The standard InChI is InChI=1S/C14H17ClFIN2O/c1-14(2,8-20-3)19-12-6-9(16)10(17)7-11(12)18-13(19)4-5-15/h6-7H,4-5,8H2,1-3H3. The molecule has 0 saturated heterocycles. The van der Waals surface area contributed by atoms with Gasteiger partial charge in [0, 0.05) is 25.5 Å². The molecule has 0 spiro atoms. The Morgan fingerprint density at radius 2 is 2.15 bits per heavy atom. The molecule has 2 aromatic rings. The first kappa shape index (κ1) is 16.0. The lowest BCUT2D eigenvalue weighted by molar-refractivity contribution is 0.110. The summed E-state index contributed by atoms with van der Waals surface area (Å²) in [5.74, 6) is 1.11. The van der Waals surface area contributed by atoms with Gasteiger partial charge in [-0.2, -0.15) is 0 Å². The molecule has 0 fully saturated rings. The van der Waals surface area contributed by atoms with Crippen LogP contribution in [-0.2, 0) is 16.7 Å². The van der Waals surface area contributed by atoms with E-state index in [0.29, 0.717) is 22.5 Å². The largest absolute Gasteiger partial charge is 0.382 e. The minimum absolute atomic E-state index is 0.232.